The number of nitrogens with one attached hydrogen (secondary N) is 1. The average Bonchev–Trinajstić information content (AvgIpc) is 3.31. The van der Waals surface area contributed by atoms with E-state index in [-0.39, 0.29) is 17.4 Å². The van der Waals surface area contributed by atoms with Gasteiger partial charge in [0, 0.05) is 5.56 Å². The molecular weight excluding hydrogens is 340 g/mol. The topological polar surface area (TPSA) is 90.0 Å². The highest BCUT2D eigenvalue weighted by Gasteiger charge is 2.56. The van der Waals surface area contributed by atoms with Crippen LogP contribution in [0.1, 0.15) is 56.0 Å². The molecule has 1 fully saturated rings. The van der Waals surface area contributed by atoms with E-state index >= 15 is 0 Å². The predicted octanol–water partition coefficient (Wildman–Crippen LogP) is 2.58. The number of carbonyl (C=O) groups excluding carboxylic acids is 2. The van der Waals surface area contributed by atoms with Gasteiger partial charge in [-0.25, -0.2) is 4.68 Å². The number of primary amides is 1. The summed E-state index contributed by atoms with van der Waals surface area (Å²) in [5.74, 6) is -0.766. The molecule has 3 N–H and O–H groups in total. The van der Waals surface area contributed by atoms with Crippen LogP contribution in [-0.2, 0) is 16.0 Å². The van der Waals surface area contributed by atoms with E-state index in [9.17, 15) is 9.59 Å². The Hall–Kier alpha value is -2.63. The summed E-state index contributed by atoms with van der Waals surface area (Å²) in [6, 6.07) is 8.10. The standard InChI is InChI=1S/C21H26N4O2/c1-13-4-6-14(7-5-13)25-17-11-20(2,3)10-16(15(17)12-23-25)24-19(27)21(8-9-21)18(22)26/h4-7,12,16H,8-11H2,1-3H3,(H2,22,26)(H,24,27)/t16-/m0/s1. The fourth-order valence-corrected chi connectivity index (χ4v) is 4.09. The third-order valence-corrected chi connectivity index (χ3v) is 5.92. The monoisotopic (exact) mass is 366 g/mol. The molecule has 2 amide bonds. The summed E-state index contributed by atoms with van der Waals surface area (Å²) in [7, 11) is 0. The molecule has 6 nitrogen and oxygen atoms in total. The Kier molecular flexibility index (Phi) is 3.91. The predicted molar refractivity (Wildman–Crippen MR) is 102 cm³/mol. The van der Waals surface area contributed by atoms with Gasteiger partial charge in [0.15, 0.2) is 0 Å². The van der Waals surface area contributed by atoms with Crippen molar-refractivity contribution in [2.24, 2.45) is 16.6 Å². The second kappa shape index (κ2) is 5.94. The van der Waals surface area contributed by atoms with Gasteiger partial charge in [-0.15, -0.1) is 0 Å². The summed E-state index contributed by atoms with van der Waals surface area (Å²) < 4.78 is 1.97. The highest BCUT2D eigenvalue weighted by atomic mass is 16.2. The smallest absolute Gasteiger partial charge is 0.236 e. The SMILES string of the molecule is Cc1ccc(-n2ncc3c2CC(C)(C)C[C@@H]3NC(=O)C2(C(N)=O)CC2)cc1. The normalized spacial score (nSPS) is 22.0. The Morgan fingerprint density at radius 3 is 2.48 bits per heavy atom. The van der Waals surface area contributed by atoms with Gasteiger partial charge in [0.05, 0.1) is 23.6 Å². The fraction of sp³-hybridized carbons (Fsp3) is 0.476. The van der Waals surface area contributed by atoms with Crippen molar-refractivity contribution < 1.29 is 9.59 Å². The van der Waals surface area contributed by atoms with Gasteiger partial charge in [-0.05, 0) is 50.2 Å². The molecule has 0 bridgehead atoms. The molecule has 1 heterocycles. The van der Waals surface area contributed by atoms with Crippen molar-refractivity contribution in [2.45, 2.75) is 52.5 Å². The van der Waals surface area contributed by atoms with Crippen LogP contribution in [0.3, 0.4) is 0 Å². The van der Waals surface area contributed by atoms with Gasteiger partial charge in [0.1, 0.15) is 5.41 Å². The molecule has 0 unspecified atom stereocenters. The number of rotatable bonds is 4. The van der Waals surface area contributed by atoms with Crippen molar-refractivity contribution in [1.29, 1.82) is 0 Å². The number of hydrogen-bond donors (Lipinski definition) is 2. The Labute approximate surface area is 159 Å². The zero-order valence-corrected chi connectivity index (χ0v) is 16.1. The summed E-state index contributed by atoms with van der Waals surface area (Å²) in [5.41, 5.74) is 8.83. The number of hydrogen-bond acceptors (Lipinski definition) is 3. The molecule has 6 heteroatoms. The molecule has 27 heavy (non-hydrogen) atoms. The molecular formula is C21H26N4O2. The summed E-state index contributed by atoms with van der Waals surface area (Å²) in [6.45, 7) is 6.45. The highest BCUT2D eigenvalue weighted by molar-refractivity contribution is 6.07. The lowest BCUT2D eigenvalue weighted by atomic mass is 9.74. The maximum absolute atomic E-state index is 12.7. The highest BCUT2D eigenvalue weighted by Crippen LogP contribution is 2.47. The van der Waals surface area contributed by atoms with Crippen LogP contribution in [0.25, 0.3) is 5.69 Å². The van der Waals surface area contributed by atoms with Crippen LogP contribution in [-0.4, -0.2) is 21.6 Å². The number of fused-ring (bicyclic) bond motifs is 1. The first-order valence-corrected chi connectivity index (χ1v) is 9.47. The van der Waals surface area contributed by atoms with Crippen molar-refractivity contribution in [3.05, 3.63) is 47.3 Å². The largest absolute Gasteiger partial charge is 0.369 e. The van der Waals surface area contributed by atoms with Crippen molar-refractivity contribution in [1.82, 2.24) is 15.1 Å². The molecule has 1 aromatic carbocycles. The number of aromatic nitrogens is 2. The van der Waals surface area contributed by atoms with Crippen molar-refractivity contribution in [2.75, 3.05) is 0 Å². The van der Waals surface area contributed by atoms with Gasteiger partial charge in [-0.2, -0.15) is 5.10 Å². The van der Waals surface area contributed by atoms with Crippen LogP contribution in [0.2, 0.25) is 0 Å². The minimum absolute atomic E-state index is 0.0108. The molecule has 0 radical (unpaired) electrons. The number of carbonyl (C=O) groups is 2. The van der Waals surface area contributed by atoms with E-state index in [0.717, 1.165) is 29.8 Å². The van der Waals surface area contributed by atoms with Gasteiger partial charge in [-0.3, -0.25) is 9.59 Å². The van der Waals surface area contributed by atoms with Gasteiger partial charge in [0.2, 0.25) is 11.8 Å². The van der Waals surface area contributed by atoms with Crippen molar-refractivity contribution in [3.8, 4) is 5.69 Å². The number of amides is 2. The molecule has 0 saturated heterocycles. The van der Waals surface area contributed by atoms with Crippen molar-refractivity contribution in [3.63, 3.8) is 0 Å². The Morgan fingerprint density at radius 2 is 1.89 bits per heavy atom. The van der Waals surface area contributed by atoms with E-state index in [1.165, 1.54) is 5.56 Å². The van der Waals surface area contributed by atoms with E-state index in [4.69, 9.17) is 5.73 Å². The van der Waals surface area contributed by atoms with Crippen LogP contribution in [0, 0.1) is 17.8 Å². The number of benzene rings is 1. The minimum atomic E-state index is -1.01. The van der Waals surface area contributed by atoms with Crippen LogP contribution in [0.15, 0.2) is 30.5 Å². The molecule has 2 aromatic rings. The molecule has 0 aliphatic heterocycles. The first-order valence-electron chi connectivity index (χ1n) is 9.47. The second-order valence-corrected chi connectivity index (χ2v) is 8.81. The lowest BCUT2D eigenvalue weighted by Crippen LogP contribution is -2.44. The summed E-state index contributed by atoms with van der Waals surface area (Å²) in [5, 5.41) is 7.70. The zero-order valence-electron chi connectivity index (χ0n) is 16.1. The lowest BCUT2D eigenvalue weighted by Gasteiger charge is -2.36. The quantitative estimate of drug-likeness (QED) is 0.815. The van der Waals surface area contributed by atoms with E-state index < -0.39 is 11.3 Å². The van der Waals surface area contributed by atoms with Gasteiger partial charge in [0.25, 0.3) is 0 Å². The van der Waals surface area contributed by atoms with Gasteiger partial charge < -0.3 is 11.1 Å². The van der Waals surface area contributed by atoms with Crippen LogP contribution in [0.4, 0.5) is 0 Å². The van der Waals surface area contributed by atoms with Gasteiger partial charge in [-0.1, -0.05) is 31.5 Å². The molecule has 1 atom stereocenters. The first-order chi connectivity index (χ1) is 12.7. The molecule has 0 spiro atoms. The minimum Gasteiger partial charge on any atom is -0.369 e. The number of nitrogens with two attached hydrogens (primary N) is 1. The van der Waals surface area contributed by atoms with E-state index in [0.29, 0.717) is 12.8 Å². The summed E-state index contributed by atoms with van der Waals surface area (Å²) in [4.78, 5) is 24.4. The molecule has 2 aliphatic carbocycles. The zero-order chi connectivity index (χ0) is 19.4. The van der Waals surface area contributed by atoms with Crippen LogP contribution in [0.5, 0.6) is 0 Å². The summed E-state index contributed by atoms with van der Waals surface area (Å²) in [6.07, 6.45) is 4.61. The Balaban J connectivity index is 1.67. The summed E-state index contributed by atoms with van der Waals surface area (Å²) >= 11 is 0. The molecule has 4 rings (SSSR count). The maximum atomic E-state index is 12.7. The third-order valence-electron chi connectivity index (χ3n) is 5.92. The molecule has 1 saturated carbocycles. The molecule has 1 aromatic heterocycles. The molecule has 142 valence electrons. The van der Waals surface area contributed by atoms with Crippen LogP contribution >= 0.6 is 0 Å². The van der Waals surface area contributed by atoms with Gasteiger partial charge >= 0.3 is 0 Å². The van der Waals surface area contributed by atoms with Crippen LogP contribution < -0.4 is 11.1 Å². The second-order valence-electron chi connectivity index (χ2n) is 8.81. The van der Waals surface area contributed by atoms with E-state index in [2.05, 4.69) is 55.5 Å². The van der Waals surface area contributed by atoms with E-state index in [1.54, 1.807) is 0 Å². The maximum Gasteiger partial charge on any atom is 0.236 e. The number of nitrogens with zero attached hydrogens (tertiary/aromatic N) is 2. The fourth-order valence-electron chi connectivity index (χ4n) is 4.09. The van der Waals surface area contributed by atoms with Crippen molar-refractivity contribution >= 4 is 11.8 Å². The Morgan fingerprint density at radius 1 is 1.22 bits per heavy atom. The Bertz CT molecular complexity index is 907. The average molecular weight is 366 g/mol. The van der Waals surface area contributed by atoms with E-state index in [1.807, 2.05) is 10.9 Å². The number of aryl methyl sites for hydroxylation is 1. The lowest BCUT2D eigenvalue weighted by molar-refractivity contribution is -0.136. The molecule has 2 aliphatic rings. The third kappa shape index (κ3) is 3.03. The first kappa shape index (κ1) is 17.8.